The largest absolute Gasteiger partial charge is 0.357 e. The summed E-state index contributed by atoms with van der Waals surface area (Å²) in [6.45, 7) is 1.98. The fourth-order valence-corrected chi connectivity index (χ4v) is 6.07. The fourth-order valence-electron chi connectivity index (χ4n) is 5.41. The van der Waals surface area contributed by atoms with Crippen LogP contribution in [-0.2, 0) is 4.79 Å². The molecule has 1 N–H and O–H groups in total. The molecule has 6 heteroatoms. The van der Waals surface area contributed by atoms with Gasteiger partial charge in [0.25, 0.3) is 5.91 Å². The number of fused-ring (bicyclic) bond motifs is 1. The standard InChI is InChI=1S/C31H25FN2O2S/c1-19-9-14-24-26(16-19)34(31(36)28-8-5-15-37-28)30(21-10-12-23(32)13-11-21)29-25(33-24)17-22(18-27(29)35)20-6-3-2-4-7-20/h2-16,22,30,33H,17-18H2,1H3/t22-,30-/m1/s1. The first-order chi connectivity index (χ1) is 18.0. The van der Waals surface area contributed by atoms with Crippen molar-refractivity contribution in [3.8, 4) is 0 Å². The van der Waals surface area contributed by atoms with Crippen LogP contribution < -0.4 is 10.2 Å². The molecule has 4 nitrogen and oxygen atoms in total. The summed E-state index contributed by atoms with van der Waals surface area (Å²) in [5, 5.41) is 5.42. The van der Waals surface area contributed by atoms with Crippen LogP contribution in [-0.4, -0.2) is 11.7 Å². The minimum absolute atomic E-state index is 0.00886. The minimum Gasteiger partial charge on any atom is -0.357 e. The Labute approximate surface area is 219 Å². The highest BCUT2D eigenvalue weighted by Gasteiger charge is 2.42. The summed E-state index contributed by atoms with van der Waals surface area (Å²) >= 11 is 1.37. The number of hydrogen-bond donors (Lipinski definition) is 1. The molecule has 1 aliphatic carbocycles. The molecule has 0 fully saturated rings. The van der Waals surface area contributed by atoms with E-state index in [2.05, 4.69) is 17.4 Å². The van der Waals surface area contributed by atoms with Crippen molar-refractivity contribution in [1.82, 2.24) is 0 Å². The number of allylic oxidation sites excluding steroid dienone is 1. The summed E-state index contributed by atoms with van der Waals surface area (Å²) in [5.41, 5.74) is 5.66. The SMILES string of the molecule is Cc1ccc2c(c1)N(C(=O)c1cccs1)[C@H](c1ccc(F)cc1)C1=C(C[C@@H](c3ccccc3)CC1=O)N2. The van der Waals surface area contributed by atoms with E-state index in [-0.39, 0.29) is 23.4 Å². The van der Waals surface area contributed by atoms with Crippen molar-refractivity contribution in [3.05, 3.63) is 129 Å². The molecule has 2 aliphatic rings. The average Bonchev–Trinajstić information content (AvgIpc) is 3.40. The number of hydrogen-bond acceptors (Lipinski definition) is 4. The van der Waals surface area contributed by atoms with E-state index in [0.29, 0.717) is 34.5 Å². The molecule has 0 saturated carbocycles. The molecule has 1 aliphatic heterocycles. The van der Waals surface area contributed by atoms with Gasteiger partial charge >= 0.3 is 0 Å². The molecular weight excluding hydrogens is 483 g/mol. The van der Waals surface area contributed by atoms with E-state index >= 15 is 0 Å². The predicted molar refractivity (Wildman–Crippen MR) is 146 cm³/mol. The molecule has 4 aromatic rings. The van der Waals surface area contributed by atoms with Gasteiger partial charge in [0.15, 0.2) is 5.78 Å². The fraction of sp³-hybridized carbons (Fsp3) is 0.161. The van der Waals surface area contributed by atoms with Crippen LogP contribution in [0.4, 0.5) is 15.8 Å². The normalized spacial score (nSPS) is 19.1. The smallest absolute Gasteiger partial charge is 0.269 e. The zero-order valence-corrected chi connectivity index (χ0v) is 21.1. The van der Waals surface area contributed by atoms with Crippen molar-refractivity contribution >= 4 is 34.4 Å². The van der Waals surface area contributed by atoms with Gasteiger partial charge in [-0.1, -0.05) is 54.6 Å². The topological polar surface area (TPSA) is 49.4 Å². The lowest BCUT2D eigenvalue weighted by Gasteiger charge is -2.35. The summed E-state index contributed by atoms with van der Waals surface area (Å²) in [4.78, 5) is 30.4. The van der Waals surface area contributed by atoms with Gasteiger partial charge in [-0.3, -0.25) is 14.5 Å². The second-order valence-corrected chi connectivity index (χ2v) is 10.5. The molecule has 1 aromatic heterocycles. The maximum absolute atomic E-state index is 14.1. The van der Waals surface area contributed by atoms with E-state index in [1.165, 1.54) is 23.5 Å². The number of nitrogens with zero attached hydrogens (tertiary/aromatic N) is 1. The summed E-state index contributed by atoms with van der Waals surface area (Å²) in [5.74, 6) is -0.534. The number of anilines is 2. The lowest BCUT2D eigenvalue weighted by Crippen LogP contribution is -2.38. The Morgan fingerprint density at radius 3 is 2.46 bits per heavy atom. The second-order valence-electron chi connectivity index (χ2n) is 9.58. The third kappa shape index (κ3) is 4.27. The number of ketones is 1. The average molecular weight is 509 g/mol. The summed E-state index contributed by atoms with van der Waals surface area (Å²) in [6.07, 6.45) is 0.982. The number of rotatable bonds is 3. The molecule has 2 atom stereocenters. The van der Waals surface area contributed by atoms with Crippen molar-refractivity contribution in [2.75, 3.05) is 10.2 Å². The Morgan fingerprint density at radius 1 is 0.946 bits per heavy atom. The Kier molecular flexibility index (Phi) is 5.97. The molecule has 0 radical (unpaired) electrons. The quantitative estimate of drug-likeness (QED) is 0.313. The van der Waals surface area contributed by atoms with Gasteiger partial charge in [-0.05, 0) is 71.7 Å². The predicted octanol–water partition coefficient (Wildman–Crippen LogP) is 7.41. The van der Waals surface area contributed by atoms with Crippen molar-refractivity contribution in [2.24, 2.45) is 0 Å². The van der Waals surface area contributed by atoms with Gasteiger partial charge in [-0.25, -0.2) is 4.39 Å². The molecule has 3 aromatic carbocycles. The molecule has 2 heterocycles. The van der Waals surface area contributed by atoms with Crippen molar-refractivity contribution < 1.29 is 14.0 Å². The van der Waals surface area contributed by atoms with Crippen LogP contribution in [0.3, 0.4) is 0 Å². The van der Waals surface area contributed by atoms with Crippen LogP contribution in [0, 0.1) is 12.7 Å². The van der Waals surface area contributed by atoms with Gasteiger partial charge in [0, 0.05) is 17.7 Å². The van der Waals surface area contributed by atoms with Crippen molar-refractivity contribution in [2.45, 2.75) is 31.7 Å². The number of halogens is 1. The molecule has 1 amide bonds. The zero-order valence-electron chi connectivity index (χ0n) is 20.3. The van der Waals surface area contributed by atoms with Crippen molar-refractivity contribution in [1.29, 1.82) is 0 Å². The third-order valence-electron chi connectivity index (χ3n) is 7.15. The highest BCUT2D eigenvalue weighted by atomic mass is 32.1. The number of benzene rings is 3. The number of carbonyl (C=O) groups is 2. The Balaban J connectivity index is 1.58. The molecule has 0 spiro atoms. The van der Waals surface area contributed by atoms with E-state index in [9.17, 15) is 14.0 Å². The van der Waals surface area contributed by atoms with Crippen LogP contribution in [0.2, 0.25) is 0 Å². The van der Waals surface area contributed by atoms with Crippen LogP contribution in [0.25, 0.3) is 0 Å². The van der Waals surface area contributed by atoms with Gasteiger partial charge in [0.2, 0.25) is 0 Å². The van der Waals surface area contributed by atoms with Crippen LogP contribution >= 0.6 is 11.3 Å². The molecule has 6 rings (SSSR count). The van der Waals surface area contributed by atoms with E-state index in [0.717, 1.165) is 22.5 Å². The van der Waals surface area contributed by atoms with Gasteiger partial charge in [-0.2, -0.15) is 0 Å². The maximum atomic E-state index is 14.1. The van der Waals surface area contributed by atoms with Crippen LogP contribution in [0.5, 0.6) is 0 Å². The van der Waals surface area contributed by atoms with E-state index in [4.69, 9.17) is 0 Å². The Bertz CT molecular complexity index is 1510. The highest BCUT2D eigenvalue weighted by Crippen LogP contribution is 2.48. The monoisotopic (exact) mass is 508 g/mol. The van der Waals surface area contributed by atoms with E-state index in [1.807, 2.05) is 54.8 Å². The lowest BCUT2D eigenvalue weighted by atomic mass is 9.78. The van der Waals surface area contributed by atoms with Gasteiger partial charge < -0.3 is 5.32 Å². The van der Waals surface area contributed by atoms with E-state index in [1.54, 1.807) is 23.1 Å². The van der Waals surface area contributed by atoms with Crippen LogP contribution in [0.1, 0.15) is 51.2 Å². The molecule has 0 saturated heterocycles. The van der Waals surface area contributed by atoms with Gasteiger partial charge in [0.05, 0.1) is 22.3 Å². The number of thiophene rings is 1. The lowest BCUT2D eigenvalue weighted by molar-refractivity contribution is -0.116. The van der Waals surface area contributed by atoms with Gasteiger partial charge in [-0.15, -0.1) is 11.3 Å². The minimum atomic E-state index is -0.690. The zero-order chi connectivity index (χ0) is 25.5. The molecule has 0 bridgehead atoms. The first-order valence-corrected chi connectivity index (χ1v) is 13.2. The van der Waals surface area contributed by atoms with Crippen LogP contribution in [0.15, 0.2) is 102 Å². The second kappa shape index (κ2) is 9.45. The number of Topliss-reactive ketones (excluding diaryl/α,β-unsaturated/α-hetero) is 1. The maximum Gasteiger partial charge on any atom is 0.269 e. The summed E-state index contributed by atoms with van der Waals surface area (Å²) in [7, 11) is 0. The first kappa shape index (κ1) is 23.4. The summed E-state index contributed by atoms with van der Waals surface area (Å²) in [6, 6.07) is 25.1. The van der Waals surface area contributed by atoms with E-state index < -0.39 is 6.04 Å². The Hall–Kier alpha value is -4.03. The molecular formula is C31H25FN2O2S. The molecule has 0 unspecified atom stereocenters. The third-order valence-corrected chi connectivity index (χ3v) is 8.00. The summed E-state index contributed by atoms with van der Waals surface area (Å²) < 4.78 is 14.0. The molecule has 37 heavy (non-hydrogen) atoms. The number of amides is 1. The Morgan fingerprint density at radius 2 is 1.73 bits per heavy atom. The number of aryl methyl sites for hydroxylation is 1. The number of nitrogens with one attached hydrogen (secondary N) is 1. The van der Waals surface area contributed by atoms with Crippen molar-refractivity contribution in [3.63, 3.8) is 0 Å². The molecule has 184 valence electrons. The highest BCUT2D eigenvalue weighted by molar-refractivity contribution is 7.12. The van der Waals surface area contributed by atoms with Gasteiger partial charge in [0.1, 0.15) is 5.82 Å². The first-order valence-electron chi connectivity index (χ1n) is 12.3. The number of carbonyl (C=O) groups excluding carboxylic acids is 2.